The van der Waals surface area contributed by atoms with Crippen molar-refractivity contribution < 1.29 is 45.3 Å². The highest BCUT2D eigenvalue weighted by molar-refractivity contribution is 7.22. The highest BCUT2D eigenvalue weighted by Gasteiger charge is 2.50. The molecule has 5 atom stereocenters. The number of ether oxygens (including phenoxy) is 3. The van der Waals surface area contributed by atoms with Crippen LogP contribution in [0.2, 0.25) is 0 Å². The predicted molar refractivity (Wildman–Crippen MR) is 204 cm³/mol. The lowest BCUT2D eigenvalue weighted by Gasteiger charge is -2.31. The van der Waals surface area contributed by atoms with Crippen molar-refractivity contribution in [2.75, 3.05) is 50.2 Å². The van der Waals surface area contributed by atoms with E-state index in [-0.39, 0.29) is 75.8 Å². The molecule has 6 heterocycles. The lowest BCUT2D eigenvalue weighted by Crippen LogP contribution is -2.43. The van der Waals surface area contributed by atoms with Gasteiger partial charge in [-0.05, 0) is 90.6 Å². The van der Waals surface area contributed by atoms with Crippen LogP contribution in [0.15, 0.2) is 18.2 Å². The van der Waals surface area contributed by atoms with Gasteiger partial charge in [0.1, 0.15) is 35.5 Å². The fraction of sp³-hybridized carbons (Fsp3) is 0.590. The van der Waals surface area contributed by atoms with Gasteiger partial charge in [0.2, 0.25) is 0 Å². The summed E-state index contributed by atoms with van der Waals surface area (Å²) in [5, 5.41) is 5.66. The van der Waals surface area contributed by atoms with Crippen LogP contribution in [0.4, 0.5) is 42.1 Å². The molecule has 0 radical (unpaired) electrons. The molecule has 1 amide bonds. The third-order valence-electron chi connectivity index (χ3n) is 11.5. The summed E-state index contributed by atoms with van der Waals surface area (Å²) in [7, 11) is 1.63. The fourth-order valence-corrected chi connectivity index (χ4v) is 10.1. The van der Waals surface area contributed by atoms with Crippen LogP contribution in [0.1, 0.15) is 71.3 Å². The molecule has 0 aliphatic carbocycles. The van der Waals surface area contributed by atoms with Crippen LogP contribution in [0.5, 0.6) is 6.01 Å². The number of nitrogens with one attached hydrogen (secondary N) is 2. The number of methoxy groups -OCH3 is 1. The quantitative estimate of drug-likeness (QED) is 0.113. The number of rotatable bonds is 11. The van der Waals surface area contributed by atoms with Gasteiger partial charge in [0.25, 0.3) is 0 Å². The van der Waals surface area contributed by atoms with Crippen molar-refractivity contribution in [1.29, 1.82) is 0 Å². The van der Waals surface area contributed by atoms with Crippen molar-refractivity contribution in [3.63, 3.8) is 0 Å². The number of anilines is 2. The first-order valence-corrected chi connectivity index (χ1v) is 20.1. The Labute approximate surface area is 329 Å². The number of alkyl halides is 4. The molecule has 2 N–H and O–H groups in total. The zero-order valence-electron chi connectivity index (χ0n) is 32.1. The highest BCUT2D eigenvalue weighted by Crippen LogP contribution is 2.49. The van der Waals surface area contributed by atoms with E-state index in [1.165, 1.54) is 0 Å². The number of hydrogen-bond acceptors (Lipinski definition) is 11. The SMILES string of the molecule is COCCCNC1C[C@H]2CC[C@@H]1N2c1nc(OC[C@@]23CCCN2C[C@H](F)C3)nc2c(F)c(-c3ccc(F)c4sc(NC(=O)OC(C)(C)C)nc34)c(C(F)(F)F)cc12. The van der Waals surface area contributed by atoms with Crippen LogP contribution in [0.3, 0.4) is 0 Å². The van der Waals surface area contributed by atoms with E-state index in [4.69, 9.17) is 19.2 Å². The van der Waals surface area contributed by atoms with Crippen molar-refractivity contribution in [1.82, 2.24) is 25.2 Å². The molecule has 0 saturated carbocycles. The topological polar surface area (TPSA) is 114 Å². The second-order valence-corrected chi connectivity index (χ2v) is 17.5. The third kappa shape index (κ3) is 7.58. The molecule has 4 saturated heterocycles. The number of carbonyl (C=O) groups excluding carboxylic acids is 1. The zero-order chi connectivity index (χ0) is 40.4. The van der Waals surface area contributed by atoms with Gasteiger partial charge in [0.15, 0.2) is 10.9 Å². The number of carbonyl (C=O) groups is 1. The minimum atomic E-state index is -5.09. The minimum absolute atomic E-state index is 0.00718. The molecule has 0 spiro atoms. The second-order valence-electron chi connectivity index (χ2n) is 16.5. The van der Waals surface area contributed by atoms with Crippen molar-refractivity contribution in [2.24, 2.45) is 0 Å². The Hall–Kier alpha value is -4.00. The van der Waals surface area contributed by atoms with Crippen LogP contribution >= 0.6 is 11.3 Å². The Bertz CT molecular complexity index is 2180. The first-order chi connectivity index (χ1) is 27.0. The van der Waals surface area contributed by atoms with Crippen molar-refractivity contribution >= 4 is 49.5 Å². The van der Waals surface area contributed by atoms with Gasteiger partial charge in [0, 0.05) is 61.3 Å². The Kier molecular flexibility index (Phi) is 10.5. The van der Waals surface area contributed by atoms with E-state index >= 15 is 22.0 Å². The highest BCUT2D eigenvalue weighted by atomic mass is 32.1. The maximum absolute atomic E-state index is 17.4. The first-order valence-electron chi connectivity index (χ1n) is 19.3. The molecule has 4 aliphatic heterocycles. The van der Waals surface area contributed by atoms with Gasteiger partial charge in [-0.3, -0.25) is 10.2 Å². The molecule has 4 aliphatic rings. The number of thiazole rings is 1. The van der Waals surface area contributed by atoms with Gasteiger partial charge in [-0.25, -0.2) is 22.9 Å². The summed E-state index contributed by atoms with van der Waals surface area (Å²) in [5.74, 6) is -2.02. The van der Waals surface area contributed by atoms with E-state index in [0.29, 0.717) is 43.9 Å². The number of aromatic nitrogens is 3. The number of nitrogens with zero attached hydrogens (tertiary/aromatic N) is 5. The zero-order valence-corrected chi connectivity index (χ0v) is 32.9. The summed E-state index contributed by atoms with van der Waals surface area (Å²) in [6, 6.07) is 2.37. The fourth-order valence-electron chi connectivity index (χ4n) is 9.25. The smallest absolute Gasteiger partial charge is 0.417 e. The molecule has 1 unspecified atom stereocenters. The molecule has 18 heteroatoms. The van der Waals surface area contributed by atoms with Gasteiger partial charge in [0.05, 0.1) is 21.3 Å². The predicted octanol–water partition coefficient (Wildman–Crippen LogP) is 8.24. The van der Waals surface area contributed by atoms with Crippen LogP contribution < -0.4 is 20.3 Å². The Morgan fingerprint density at radius 3 is 2.67 bits per heavy atom. The van der Waals surface area contributed by atoms with Gasteiger partial charge in [-0.2, -0.15) is 23.1 Å². The van der Waals surface area contributed by atoms with Crippen LogP contribution in [-0.4, -0.2) is 101 Å². The Morgan fingerprint density at radius 2 is 1.91 bits per heavy atom. The molecule has 4 aromatic rings. The summed E-state index contributed by atoms with van der Waals surface area (Å²) in [4.78, 5) is 30.0. The monoisotopic (exact) mass is 821 g/mol. The normalized spacial score (nSPS) is 24.9. The average molecular weight is 822 g/mol. The van der Waals surface area contributed by atoms with Gasteiger partial charge >= 0.3 is 18.3 Å². The molecular formula is C39H45F6N7O4S. The van der Waals surface area contributed by atoms with Crippen molar-refractivity contribution in [3.8, 4) is 17.1 Å². The molecule has 2 bridgehead atoms. The number of benzene rings is 2. The van der Waals surface area contributed by atoms with Crippen molar-refractivity contribution in [2.45, 2.75) is 107 Å². The number of halogens is 6. The molecule has 308 valence electrons. The summed E-state index contributed by atoms with van der Waals surface area (Å²) in [6.45, 7) is 7.17. The van der Waals surface area contributed by atoms with Gasteiger partial charge in [-0.15, -0.1) is 0 Å². The summed E-state index contributed by atoms with van der Waals surface area (Å²) in [5.41, 5.74) is -4.74. The van der Waals surface area contributed by atoms with E-state index in [2.05, 4.69) is 20.6 Å². The molecule has 2 aromatic heterocycles. The second kappa shape index (κ2) is 15.0. The average Bonchev–Trinajstić information content (AvgIpc) is 3.95. The first kappa shape index (κ1) is 39.8. The van der Waals surface area contributed by atoms with Crippen LogP contribution in [0.25, 0.3) is 32.2 Å². The maximum Gasteiger partial charge on any atom is 0.417 e. The van der Waals surface area contributed by atoms with Crippen LogP contribution in [0, 0.1) is 11.6 Å². The maximum atomic E-state index is 17.4. The van der Waals surface area contributed by atoms with Crippen molar-refractivity contribution in [3.05, 3.63) is 35.4 Å². The van der Waals surface area contributed by atoms with E-state index in [9.17, 15) is 9.18 Å². The molecule has 4 fully saturated rings. The molecule has 8 rings (SSSR count). The lowest BCUT2D eigenvalue weighted by molar-refractivity contribution is -0.137. The summed E-state index contributed by atoms with van der Waals surface area (Å²) < 4.78 is 110. The van der Waals surface area contributed by atoms with E-state index < -0.39 is 57.9 Å². The van der Waals surface area contributed by atoms with E-state index in [1.54, 1.807) is 27.9 Å². The van der Waals surface area contributed by atoms with Gasteiger partial charge in [-0.1, -0.05) is 11.3 Å². The summed E-state index contributed by atoms with van der Waals surface area (Å²) >= 11 is 0.675. The third-order valence-corrected chi connectivity index (χ3v) is 12.5. The largest absolute Gasteiger partial charge is 0.461 e. The van der Waals surface area contributed by atoms with E-state index in [1.807, 2.05) is 9.80 Å². The Balaban J connectivity index is 1.26. The number of hydrogen-bond donors (Lipinski definition) is 2. The number of fused-ring (bicyclic) bond motifs is 5. The Morgan fingerprint density at radius 1 is 1.11 bits per heavy atom. The molecule has 2 aromatic carbocycles. The summed E-state index contributed by atoms with van der Waals surface area (Å²) in [6.07, 6.45) is -2.24. The molecule has 57 heavy (non-hydrogen) atoms. The number of amides is 1. The van der Waals surface area contributed by atoms with Gasteiger partial charge < -0.3 is 24.4 Å². The lowest BCUT2D eigenvalue weighted by atomic mass is 9.95. The minimum Gasteiger partial charge on any atom is -0.461 e. The standard InChI is InChI=1S/C39H45F6N7O4S/c1-37(2,3)56-36(53)50-35-48-31-22(8-9-25(41)32(31)57-35)28-24(39(43,44)45)16-23-30(29(28)42)47-34(55-19-38-11-5-13-51(38)18-20(40)17-38)49-33(23)52-21-7-10-27(52)26(15-21)46-12-6-14-54-4/h8-9,16,20-21,26-27,46H,5-7,10-15,17-19H2,1-4H3,(H,48,50,53)/t20-,21-,26?,27+,38+/m1/s1. The molecular weight excluding hydrogens is 777 g/mol. The molecule has 11 nitrogen and oxygen atoms in total. The van der Waals surface area contributed by atoms with E-state index in [0.717, 1.165) is 43.9 Å². The van der Waals surface area contributed by atoms with Crippen LogP contribution in [-0.2, 0) is 15.7 Å².